The molecule has 0 spiro atoms. The van der Waals surface area contributed by atoms with Crippen molar-refractivity contribution in [3.05, 3.63) is 101 Å². The van der Waals surface area contributed by atoms with Crippen molar-refractivity contribution >= 4 is 29.3 Å². The van der Waals surface area contributed by atoms with E-state index in [9.17, 15) is 0 Å². The molecule has 0 N–H and O–H groups in total. The number of benzene rings is 2. The van der Waals surface area contributed by atoms with E-state index in [1.807, 2.05) is 6.08 Å². The molecule has 2 heteroatoms. The van der Waals surface area contributed by atoms with Crippen LogP contribution in [0.15, 0.2) is 84.5 Å². The van der Waals surface area contributed by atoms with Crippen molar-refractivity contribution in [3.8, 4) is 0 Å². The maximum Gasteiger partial charge on any atom is 0.0472 e. The highest BCUT2D eigenvalue weighted by Crippen LogP contribution is 2.36. The molecule has 0 bridgehead atoms. The third-order valence-corrected chi connectivity index (χ3v) is 5.99. The monoisotopic (exact) mass is 387 g/mol. The van der Waals surface area contributed by atoms with Gasteiger partial charge in [0, 0.05) is 19.0 Å². The van der Waals surface area contributed by atoms with Crippen LogP contribution in [0.2, 0.25) is 0 Å². The smallest absolute Gasteiger partial charge is 0.0472 e. The zero-order valence-electron chi connectivity index (χ0n) is 17.1. The topological polar surface area (TPSA) is 3.24 Å². The quantitative estimate of drug-likeness (QED) is 0.377. The highest BCUT2D eigenvalue weighted by Gasteiger charge is 2.17. The number of hydrogen-bond donors (Lipinski definition) is 0. The summed E-state index contributed by atoms with van der Waals surface area (Å²) < 4.78 is 2.19. The van der Waals surface area contributed by atoms with Crippen molar-refractivity contribution in [1.82, 2.24) is 0 Å². The van der Waals surface area contributed by atoms with Gasteiger partial charge in [-0.1, -0.05) is 72.1 Å². The van der Waals surface area contributed by atoms with Crippen LogP contribution >= 0.6 is 11.9 Å². The molecule has 1 aliphatic carbocycles. The predicted molar refractivity (Wildman–Crippen MR) is 128 cm³/mol. The standard InChI is InChI=1S/C26H29NS/c1-5-6-7-14-24-20(2)16-17-22-12-8-9-15-25(22)26(24)19-21-11-10-13-23(18-21)27(3)28-4/h5,7-15,18-19H,1,6,16-17H2,2-4H3/b14-7-,26-19+. The minimum Gasteiger partial charge on any atom is -0.320 e. The molecule has 0 amide bonds. The average Bonchev–Trinajstić information content (AvgIpc) is 2.85. The number of aryl methyl sites for hydroxylation is 1. The lowest BCUT2D eigenvalue weighted by Crippen LogP contribution is -2.04. The van der Waals surface area contributed by atoms with E-state index in [-0.39, 0.29) is 0 Å². The van der Waals surface area contributed by atoms with E-state index in [4.69, 9.17) is 0 Å². The van der Waals surface area contributed by atoms with E-state index in [0.29, 0.717) is 0 Å². The molecule has 0 atom stereocenters. The second-order valence-electron chi connectivity index (χ2n) is 7.11. The first-order valence-electron chi connectivity index (χ1n) is 9.79. The fraction of sp³-hybridized carbons (Fsp3) is 0.231. The Hall–Kier alpha value is -2.45. The number of anilines is 1. The largest absolute Gasteiger partial charge is 0.320 e. The summed E-state index contributed by atoms with van der Waals surface area (Å²) in [5, 5.41) is 0. The first-order chi connectivity index (χ1) is 13.6. The van der Waals surface area contributed by atoms with E-state index in [1.54, 1.807) is 11.9 Å². The van der Waals surface area contributed by atoms with Crippen molar-refractivity contribution in [3.63, 3.8) is 0 Å². The molecule has 0 saturated carbocycles. The molecular formula is C26H29NS. The molecular weight excluding hydrogens is 358 g/mol. The Labute approximate surface area is 174 Å². The SMILES string of the molecule is C=CC/C=C\C1=C(C)CCc2ccccc2/C1=C/c1cccc(N(C)SC)c1. The number of fused-ring (bicyclic) bond motifs is 1. The Morgan fingerprint density at radius 1 is 1.11 bits per heavy atom. The number of rotatable bonds is 6. The van der Waals surface area contributed by atoms with Gasteiger partial charge in [0.25, 0.3) is 0 Å². The Morgan fingerprint density at radius 3 is 2.71 bits per heavy atom. The van der Waals surface area contributed by atoms with Crippen molar-refractivity contribution in [2.75, 3.05) is 17.6 Å². The third kappa shape index (κ3) is 4.69. The van der Waals surface area contributed by atoms with Gasteiger partial charge in [-0.05, 0) is 72.2 Å². The zero-order valence-corrected chi connectivity index (χ0v) is 17.9. The molecule has 28 heavy (non-hydrogen) atoms. The van der Waals surface area contributed by atoms with Crippen LogP contribution in [0, 0.1) is 0 Å². The lowest BCUT2D eigenvalue weighted by molar-refractivity contribution is 0.943. The molecule has 0 saturated heterocycles. The summed E-state index contributed by atoms with van der Waals surface area (Å²) in [6.45, 7) is 6.12. The van der Waals surface area contributed by atoms with Crippen LogP contribution in [0.4, 0.5) is 5.69 Å². The second kappa shape index (κ2) is 9.66. The van der Waals surface area contributed by atoms with Gasteiger partial charge >= 0.3 is 0 Å². The molecule has 0 fully saturated rings. The van der Waals surface area contributed by atoms with Gasteiger partial charge in [0.1, 0.15) is 0 Å². The Kier molecular flexibility index (Phi) is 7.00. The van der Waals surface area contributed by atoms with Crippen LogP contribution in [-0.4, -0.2) is 13.3 Å². The van der Waals surface area contributed by atoms with E-state index in [1.165, 1.54) is 39.1 Å². The number of nitrogens with zero attached hydrogens (tertiary/aromatic N) is 1. The molecule has 2 aromatic rings. The Balaban J connectivity index is 2.15. The average molecular weight is 388 g/mol. The molecule has 1 nitrogen and oxygen atoms in total. The summed E-state index contributed by atoms with van der Waals surface area (Å²) in [6.07, 6.45) is 14.0. The van der Waals surface area contributed by atoms with Gasteiger partial charge in [-0.3, -0.25) is 0 Å². The maximum absolute atomic E-state index is 3.85. The van der Waals surface area contributed by atoms with Gasteiger partial charge < -0.3 is 4.31 Å². The highest BCUT2D eigenvalue weighted by atomic mass is 32.2. The van der Waals surface area contributed by atoms with Crippen LogP contribution in [0.25, 0.3) is 11.6 Å². The van der Waals surface area contributed by atoms with E-state index < -0.39 is 0 Å². The van der Waals surface area contributed by atoms with Crippen LogP contribution in [0.3, 0.4) is 0 Å². The molecule has 144 valence electrons. The molecule has 0 heterocycles. The summed E-state index contributed by atoms with van der Waals surface area (Å²) in [6, 6.07) is 17.6. The van der Waals surface area contributed by atoms with E-state index >= 15 is 0 Å². The van der Waals surface area contributed by atoms with E-state index in [0.717, 1.165) is 19.3 Å². The van der Waals surface area contributed by atoms with Crippen LogP contribution in [0.5, 0.6) is 0 Å². The number of hydrogen-bond acceptors (Lipinski definition) is 2. The Morgan fingerprint density at radius 2 is 1.93 bits per heavy atom. The Bertz CT molecular complexity index is 933. The molecule has 0 aliphatic heterocycles. The van der Waals surface area contributed by atoms with Crippen molar-refractivity contribution < 1.29 is 0 Å². The van der Waals surface area contributed by atoms with Gasteiger partial charge in [-0.15, -0.1) is 6.58 Å². The minimum absolute atomic E-state index is 0.889. The molecule has 2 aromatic carbocycles. The fourth-order valence-electron chi connectivity index (χ4n) is 3.59. The van der Waals surface area contributed by atoms with Gasteiger partial charge in [-0.2, -0.15) is 0 Å². The van der Waals surface area contributed by atoms with Crippen molar-refractivity contribution in [2.45, 2.75) is 26.2 Å². The molecule has 0 aromatic heterocycles. The summed E-state index contributed by atoms with van der Waals surface area (Å²) in [7, 11) is 2.10. The summed E-state index contributed by atoms with van der Waals surface area (Å²) in [5.74, 6) is 0. The van der Waals surface area contributed by atoms with E-state index in [2.05, 4.69) is 97.9 Å². The summed E-state index contributed by atoms with van der Waals surface area (Å²) >= 11 is 1.72. The van der Waals surface area contributed by atoms with Gasteiger partial charge in [0.05, 0.1) is 0 Å². The maximum atomic E-state index is 3.85. The van der Waals surface area contributed by atoms with Crippen LogP contribution in [-0.2, 0) is 6.42 Å². The van der Waals surface area contributed by atoms with Crippen molar-refractivity contribution in [2.24, 2.45) is 0 Å². The first-order valence-corrected chi connectivity index (χ1v) is 11.0. The molecule has 1 aliphatic rings. The van der Waals surface area contributed by atoms with Crippen LogP contribution < -0.4 is 4.31 Å². The highest BCUT2D eigenvalue weighted by molar-refractivity contribution is 7.99. The first kappa shape index (κ1) is 20.3. The van der Waals surface area contributed by atoms with Gasteiger partial charge in [-0.25, -0.2) is 0 Å². The summed E-state index contributed by atoms with van der Waals surface area (Å²) in [5.41, 5.74) is 9.32. The lowest BCUT2D eigenvalue weighted by Gasteiger charge is -2.16. The minimum atomic E-state index is 0.889. The molecule has 0 unspecified atom stereocenters. The molecule has 0 radical (unpaired) electrons. The van der Waals surface area contributed by atoms with Gasteiger partial charge in [0.2, 0.25) is 0 Å². The molecule has 3 rings (SSSR count). The predicted octanol–water partition coefficient (Wildman–Crippen LogP) is 7.34. The normalized spacial score (nSPS) is 15.6. The lowest BCUT2D eigenvalue weighted by atomic mass is 9.91. The van der Waals surface area contributed by atoms with Crippen LogP contribution in [0.1, 0.15) is 36.5 Å². The number of allylic oxidation sites excluding steroid dienone is 6. The zero-order chi connectivity index (χ0) is 19.9. The third-order valence-electron chi connectivity index (χ3n) is 5.23. The second-order valence-corrected chi connectivity index (χ2v) is 8.02. The summed E-state index contributed by atoms with van der Waals surface area (Å²) in [4.78, 5) is 0. The van der Waals surface area contributed by atoms with Crippen molar-refractivity contribution in [1.29, 1.82) is 0 Å². The fourth-order valence-corrected chi connectivity index (χ4v) is 3.91. The van der Waals surface area contributed by atoms with Gasteiger partial charge in [0.15, 0.2) is 0 Å².